The van der Waals surface area contributed by atoms with Gasteiger partial charge in [-0.1, -0.05) is 53.0 Å². The molecule has 0 fully saturated rings. The molecule has 0 bridgehead atoms. The van der Waals surface area contributed by atoms with Crippen molar-refractivity contribution in [2.24, 2.45) is 0 Å². The Hall–Kier alpha value is -2.43. The van der Waals surface area contributed by atoms with Gasteiger partial charge >= 0.3 is 0 Å². The first-order valence-corrected chi connectivity index (χ1v) is 13.4. The Kier molecular flexibility index (Phi) is 6.28. The van der Waals surface area contributed by atoms with Crippen LogP contribution >= 0.6 is 34.8 Å². The van der Waals surface area contributed by atoms with E-state index in [1.165, 1.54) is 36.4 Å². The van der Waals surface area contributed by atoms with Gasteiger partial charge in [0.2, 0.25) is 5.09 Å². The molecule has 7 nitrogen and oxygen atoms in total. The molecule has 0 aliphatic rings. The SMILES string of the molecule is Cc1cc(S(=O)(=O)Nc2ccc(Cl)cc2NS(=O)(=O)c2cc3ccccc3o2)c(Cl)cc1Cl. The number of sulfonamides is 2. The minimum Gasteiger partial charge on any atom is -0.443 e. The van der Waals surface area contributed by atoms with Crippen molar-refractivity contribution in [1.82, 2.24) is 0 Å². The number of furan rings is 1. The van der Waals surface area contributed by atoms with Crippen LogP contribution in [0.5, 0.6) is 0 Å². The van der Waals surface area contributed by atoms with Crippen molar-refractivity contribution in [3.05, 3.63) is 81.3 Å². The number of benzene rings is 3. The molecule has 172 valence electrons. The number of hydrogen-bond donors (Lipinski definition) is 2. The summed E-state index contributed by atoms with van der Waals surface area (Å²) < 4.78 is 62.0. The highest BCUT2D eigenvalue weighted by molar-refractivity contribution is 7.93. The van der Waals surface area contributed by atoms with Crippen molar-refractivity contribution in [2.75, 3.05) is 9.44 Å². The molecule has 0 amide bonds. The van der Waals surface area contributed by atoms with Gasteiger partial charge in [-0.25, -0.2) is 8.42 Å². The number of aryl methyl sites for hydroxylation is 1. The average molecular weight is 546 g/mol. The number of nitrogens with one attached hydrogen (secondary N) is 2. The van der Waals surface area contributed by atoms with E-state index < -0.39 is 20.0 Å². The van der Waals surface area contributed by atoms with Crippen LogP contribution in [-0.2, 0) is 20.0 Å². The normalized spacial score (nSPS) is 12.1. The van der Waals surface area contributed by atoms with Gasteiger partial charge in [-0.3, -0.25) is 9.44 Å². The molecule has 0 aliphatic carbocycles. The van der Waals surface area contributed by atoms with E-state index in [1.807, 2.05) is 0 Å². The number of halogens is 3. The second-order valence-electron chi connectivity index (χ2n) is 7.04. The van der Waals surface area contributed by atoms with Crippen LogP contribution in [0.3, 0.4) is 0 Å². The van der Waals surface area contributed by atoms with Gasteiger partial charge in [0.15, 0.2) is 0 Å². The van der Waals surface area contributed by atoms with E-state index >= 15 is 0 Å². The van der Waals surface area contributed by atoms with Gasteiger partial charge in [-0.2, -0.15) is 8.42 Å². The third-order valence-corrected chi connectivity index (χ3v) is 8.33. The highest BCUT2D eigenvalue weighted by Crippen LogP contribution is 2.34. The monoisotopic (exact) mass is 544 g/mol. The maximum atomic E-state index is 13.0. The first kappa shape index (κ1) is 23.7. The first-order chi connectivity index (χ1) is 15.5. The quantitative estimate of drug-likeness (QED) is 0.296. The van der Waals surface area contributed by atoms with E-state index in [4.69, 9.17) is 39.2 Å². The first-order valence-electron chi connectivity index (χ1n) is 9.26. The number of para-hydroxylation sites is 1. The summed E-state index contributed by atoms with van der Waals surface area (Å²) in [6.45, 7) is 1.63. The minimum atomic E-state index is -4.21. The molecule has 12 heteroatoms. The number of rotatable bonds is 6. The van der Waals surface area contributed by atoms with Gasteiger partial charge < -0.3 is 4.42 Å². The van der Waals surface area contributed by atoms with E-state index in [0.717, 1.165) is 0 Å². The van der Waals surface area contributed by atoms with Gasteiger partial charge in [0.1, 0.15) is 10.5 Å². The lowest BCUT2D eigenvalue weighted by Crippen LogP contribution is -2.17. The van der Waals surface area contributed by atoms with E-state index in [-0.39, 0.29) is 31.4 Å². The average Bonchev–Trinajstić information content (AvgIpc) is 3.18. The highest BCUT2D eigenvalue weighted by atomic mass is 35.5. The smallest absolute Gasteiger partial charge is 0.295 e. The van der Waals surface area contributed by atoms with Crippen LogP contribution in [0.1, 0.15) is 5.56 Å². The van der Waals surface area contributed by atoms with Crippen molar-refractivity contribution in [3.8, 4) is 0 Å². The molecule has 1 aromatic heterocycles. The zero-order chi connectivity index (χ0) is 24.0. The summed E-state index contributed by atoms with van der Waals surface area (Å²) in [6.07, 6.45) is 0. The lowest BCUT2D eigenvalue weighted by atomic mass is 10.2. The Bertz CT molecular complexity index is 1570. The molecule has 33 heavy (non-hydrogen) atoms. The van der Waals surface area contributed by atoms with E-state index in [0.29, 0.717) is 21.6 Å². The summed E-state index contributed by atoms with van der Waals surface area (Å²) in [5, 5.41) is 0.660. The third kappa shape index (κ3) is 4.92. The predicted molar refractivity (Wildman–Crippen MR) is 130 cm³/mol. The van der Waals surface area contributed by atoms with Crippen LogP contribution < -0.4 is 9.44 Å². The standard InChI is InChI=1S/C21H15Cl3N2O5S2/c1-12-8-20(16(24)11-15(12)23)32(27,28)25-17-7-6-14(22)10-18(17)26-33(29,30)21-9-13-4-2-3-5-19(13)31-21/h2-11,25-26H,1H3. The topological polar surface area (TPSA) is 105 Å². The molecular formula is C21H15Cl3N2O5S2. The lowest BCUT2D eigenvalue weighted by Gasteiger charge is -2.15. The van der Waals surface area contributed by atoms with Gasteiger partial charge in [0.25, 0.3) is 20.0 Å². The fourth-order valence-electron chi connectivity index (χ4n) is 3.01. The molecule has 0 aliphatic heterocycles. The van der Waals surface area contributed by atoms with Gasteiger partial charge in [-0.15, -0.1) is 0 Å². The van der Waals surface area contributed by atoms with Gasteiger partial charge in [0, 0.05) is 21.5 Å². The third-order valence-electron chi connectivity index (χ3n) is 4.64. The summed E-state index contributed by atoms with van der Waals surface area (Å²) in [5.41, 5.74) is 0.720. The van der Waals surface area contributed by atoms with Crippen molar-refractivity contribution in [1.29, 1.82) is 0 Å². The van der Waals surface area contributed by atoms with Crippen LogP contribution in [-0.4, -0.2) is 16.8 Å². The zero-order valence-electron chi connectivity index (χ0n) is 16.8. The van der Waals surface area contributed by atoms with Crippen LogP contribution in [0.15, 0.2) is 75.1 Å². The molecule has 0 unspecified atom stereocenters. The Morgan fingerprint density at radius 3 is 2.18 bits per heavy atom. The number of hydrogen-bond acceptors (Lipinski definition) is 5. The maximum absolute atomic E-state index is 13.0. The van der Waals surface area contributed by atoms with Crippen LogP contribution in [0.25, 0.3) is 11.0 Å². The summed E-state index contributed by atoms with van der Waals surface area (Å²) in [5.74, 6) is 0. The second-order valence-corrected chi connectivity index (χ2v) is 11.6. The lowest BCUT2D eigenvalue weighted by molar-refractivity contribution is 0.484. The molecule has 0 spiro atoms. The number of fused-ring (bicyclic) bond motifs is 1. The van der Waals surface area contributed by atoms with E-state index in [1.54, 1.807) is 31.2 Å². The Balaban J connectivity index is 1.72. The van der Waals surface area contributed by atoms with Crippen LogP contribution in [0, 0.1) is 6.92 Å². The summed E-state index contributed by atoms with van der Waals surface area (Å²) in [6, 6.07) is 14.8. The second kappa shape index (κ2) is 8.73. The van der Waals surface area contributed by atoms with Crippen LogP contribution in [0.2, 0.25) is 15.1 Å². The number of anilines is 2. The molecular weight excluding hydrogens is 531 g/mol. The summed E-state index contributed by atoms with van der Waals surface area (Å²) >= 11 is 18.1. The summed E-state index contributed by atoms with van der Waals surface area (Å²) in [4.78, 5) is -0.216. The largest absolute Gasteiger partial charge is 0.443 e. The molecule has 4 rings (SSSR count). The molecule has 0 saturated carbocycles. The predicted octanol–water partition coefficient (Wildman–Crippen LogP) is 6.30. The zero-order valence-corrected chi connectivity index (χ0v) is 20.7. The van der Waals surface area contributed by atoms with Crippen molar-refractivity contribution in [3.63, 3.8) is 0 Å². The van der Waals surface area contributed by atoms with Crippen molar-refractivity contribution >= 4 is 77.2 Å². The van der Waals surface area contributed by atoms with Crippen molar-refractivity contribution < 1.29 is 21.3 Å². The molecule has 4 aromatic rings. The fourth-order valence-corrected chi connectivity index (χ4v) is 6.14. The molecule has 0 atom stereocenters. The van der Waals surface area contributed by atoms with Gasteiger partial charge in [-0.05, 0) is 48.9 Å². The molecule has 0 radical (unpaired) electrons. The van der Waals surface area contributed by atoms with E-state index in [9.17, 15) is 16.8 Å². The molecule has 1 heterocycles. The Morgan fingerprint density at radius 1 is 0.758 bits per heavy atom. The Labute approximate surface area is 205 Å². The molecule has 3 aromatic carbocycles. The van der Waals surface area contributed by atoms with Crippen LogP contribution in [0.4, 0.5) is 11.4 Å². The fraction of sp³-hybridized carbons (Fsp3) is 0.0476. The maximum Gasteiger partial charge on any atom is 0.295 e. The Morgan fingerprint density at radius 2 is 1.45 bits per heavy atom. The van der Waals surface area contributed by atoms with Gasteiger partial charge in [0.05, 0.1) is 16.4 Å². The molecule has 0 saturated heterocycles. The minimum absolute atomic E-state index is 0.0669. The van der Waals surface area contributed by atoms with Crippen molar-refractivity contribution in [2.45, 2.75) is 16.9 Å². The highest BCUT2D eigenvalue weighted by Gasteiger charge is 2.24. The summed E-state index contributed by atoms with van der Waals surface area (Å²) in [7, 11) is -8.41. The molecule has 2 N–H and O–H groups in total. The van der Waals surface area contributed by atoms with E-state index in [2.05, 4.69) is 9.44 Å².